The Bertz CT molecular complexity index is 900. The molecule has 1 amide bonds. The summed E-state index contributed by atoms with van der Waals surface area (Å²) in [6.07, 6.45) is -1.35. The van der Waals surface area contributed by atoms with Crippen LogP contribution >= 0.6 is 0 Å². The summed E-state index contributed by atoms with van der Waals surface area (Å²) in [7, 11) is 0. The lowest BCUT2D eigenvalue weighted by atomic mass is 10.0. The fourth-order valence-electron chi connectivity index (χ4n) is 3.71. The van der Waals surface area contributed by atoms with Gasteiger partial charge in [0, 0.05) is 12.6 Å². The molecule has 1 unspecified atom stereocenters. The number of hydrogen-bond donors (Lipinski definition) is 1. The van der Waals surface area contributed by atoms with E-state index in [0.29, 0.717) is 38.1 Å². The normalized spacial score (nSPS) is 20.8. The Kier molecular flexibility index (Phi) is 5.96. The topological polar surface area (TPSA) is 74.6 Å². The van der Waals surface area contributed by atoms with E-state index in [9.17, 15) is 18.0 Å². The summed E-state index contributed by atoms with van der Waals surface area (Å²) >= 11 is 0. The van der Waals surface area contributed by atoms with E-state index in [1.54, 1.807) is 6.20 Å². The molecule has 7 nitrogen and oxygen atoms in total. The molecule has 4 rings (SSSR count). The van der Waals surface area contributed by atoms with Crippen LogP contribution in [0.15, 0.2) is 30.5 Å². The molecule has 3 heterocycles. The first kappa shape index (κ1) is 20.7. The lowest BCUT2D eigenvalue weighted by Gasteiger charge is -2.25. The summed E-state index contributed by atoms with van der Waals surface area (Å²) in [6.45, 7) is 0.134. The number of alkyl halides is 3. The van der Waals surface area contributed by atoms with Crippen LogP contribution in [0.3, 0.4) is 0 Å². The van der Waals surface area contributed by atoms with Crippen LogP contribution in [0, 0.1) is 0 Å². The Labute approximate surface area is 171 Å². The van der Waals surface area contributed by atoms with Gasteiger partial charge in [0.2, 0.25) is 0 Å². The molecule has 0 radical (unpaired) electrons. The van der Waals surface area contributed by atoms with Crippen LogP contribution in [0.5, 0.6) is 5.75 Å². The maximum absolute atomic E-state index is 12.6. The van der Waals surface area contributed by atoms with E-state index >= 15 is 0 Å². The molecule has 30 heavy (non-hydrogen) atoms. The quantitative estimate of drug-likeness (QED) is 0.720. The van der Waals surface area contributed by atoms with Crippen LogP contribution in [0.4, 0.5) is 13.2 Å². The van der Waals surface area contributed by atoms with Gasteiger partial charge in [-0.1, -0.05) is 18.2 Å². The molecule has 0 aliphatic carbocycles. The van der Waals surface area contributed by atoms with Crippen LogP contribution in [0.25, 0.3) is 0 Å². The van der Waals surface area contributed by atoms with Gasteiger partial charge in [0.25, 0.3) is 5.91 Å². The lowest BCUT2D eigenvalue weighted by molar-refractivity contribution is -0.327. The van der Waals surface area contributed by atoms with Crippen molar-refractivity contribution >= 4 is 5.91 Å². The van der Waals surface area contributed by atoms with Crippen molar-refractivity contribution in [2.75, 3.05) is 19.8 Å². The van der Waals surface area contributed by atoms with Gasteiger partial charge >= 0.3 is 6.36 Å². The molecule has 2 aliphatic heterocycles. The predicted molar refractivity (Wildman–Crippen MR) is 99.2 cm³/mol. The number of aryl methyl sites for hydroxylation is 1. The van der Waals surface area contributed by atoms with Gasteiger partial charge in [-0.2, -0.15) is 0 Å². The molecule has 10 heteroatoms. The third-order valence-electron chi connectivity index (χ3n) is 5.10. The SMILES string of the molecule is O=C(N[C@H]1COc2ccccc2C1)c1cn2c(n1)CCC(OCCOC(F)(F)F)C2. The average Bonchev–Trinajstić information content (AvgIpc) is 3.14. The summed E-state index contributed by atoms with van der Waals surface area (Å²) < 4.78 is 52.7. The Morgan fingerprint density at radius 2 is 2.13 bits per heavy atom. The number of halogens is 3. The van der Waals surface area contributed by atoms with Gasteiger partial charge in [-0.15, -0.1) is 13.2 Å². The van der Waals surface area contributed by atoms with Crippen LogP contribution in [-0.4, -0.2) is 53.8 Å². The highest BCUT2D eigenvalue weighted by Crippen LogP contribution is 2.24. The minimum absolute atomic E-state index is 0.143. The fourth-order valence-corrected chi connectivity index (χ4v) is 3.71. The Morgan fingerprint density at radius 3 is 2.97 bits per heavy atom. The van der Waals surface area contributed by atoms with E-state index < -0.39 is 13.0 Å². The summed E-state index contributed by atoms with van der Waals surface area (Å²) in [5.74, 6) is 1.32. The van der Waals surface area contributed by atoms with E-state index in [0.717, 1.165) is 17.1 Å². The smallest absolute Gasteiger partial charge is 0.491 e. The van der Waals surface area contributed by atoms with Crippen molar-refractivity contribution in [1.82, 2.24) is 14.9 Å². The second-order valence-corrected chi connectivity index (χ2v) is 7.31. The number of benzene rings is 1. The standard InChI is InChI=1S/C20H22F3N3O4/c21-20(22,23)30-8-7-28-15-5-6-18-25-16(11-26(18)10-15)19(27)24-14-9-13-3-1-2-4-17(13)29-12-14/h1-4,11,14-15H,5-10,12H2,(H,24,27)/t14-,15?/m1/s1. The second kappa shape index (κ2) is 8.65. The van der Waals surface area contributed by atoms with Crippen molar-refractivity contribution in [3.8, 4) is 5.75 Å². The number of fused-ring (bicyclic) bond motifs is 2. The molecular weight excluding hydrogens is 403 g/mol. The zero-order chi connectivity index (χ0) is 21.1. The second-order valence-electron chi connectivity index (χ2n) is 7.31. The van der Waals surface area contributed by atoms with Crippen LogP contribution < -0.4 is 10.1 Å². The number of hydrogen-bond acceptors (Lipinski definition) is 5. The van der Waals surface area contributed by atoms with Crippen LogP contribution in [-0.2, 0) is 28.9 Å². The number of nitrogens with zero attached hydrogens (tertiary/aromatic N) is 2. The van der Waals surface area contributed by atoms with Gasteiger partial charge in [0.05, 0.1) is 31.9 Å². The summed E-state index contributed by atoms with van der Waals surface area (Å²) in [4.78, 5) is 17.0. The first-order valence-electron chi connectivity index (χ1n) is 9.77. The number of nitrogens with one attached hydrogen (secondary N) is 1. The van der Waals surface area contributed by atoms with Gasteiger partial charge in [0.15, 0.2) is 0 Å². The number of para-hydroxylation sites is 1. The van der Waals surface area contributed by atoms with Crippen molar-refractivity contribution in [3.63, 3.8) is 0 Å². The molecule has 2 aromatic rings. The fraction of sp³-hybridized carbons (Fsp3) is 0.500. The van der Waals surface area contributed by atoms with Gasteiger partial charge in [-0.25, -0.2) is 4.98 Å². The maximum Gasteiger partial charge on any atom is 0.522 e. The largest absolute Gasteiger partial charge is 0.522 e. The highest BCUT2D eigenvalue weighted by atomic mass is 19.4. The third kappa shape index (κ3) is 5.11. The van der Waals surface area contributed by atoms with E-state index in [1.807, 2.05) is 28.8 Å². The molecule has 0 fully saturated rings. The molecular formula is C20H22F3N3O4. The molecule has 2 aliphatic rings. The number of aromatic nitrogens is 2. The Morgan fingerprint density at radius 1 is 1.30 bits per heavy atom. The zero-order valence-electron chi connectivity index (χ0n) is 16.2. The van der Waals surface area contributed by atoms with Crippen molar-refractivity contribution in [2.24, 2.45) is 0 Å². The molecule has 1 aromatic heterocycles. The maximum atomic E-state index is 12.6. The first-order chi connectivity index (χ1) is 14.4. The van der Waals surface area contributed by atoms with Crippen LogP contribution in [0.1, 0.15) is 28.3 Å². The molecule has 1 aromatic carbocycles. The van der Waals surface area contributed by atoms with E-state index in [2.05, 4.69) is 15.0 Å². The Hall–Kier alpha value is -2.59. The van der Waals surface area contributed by atoms with Gasteiger partial charge in [-0.05, 0) is 24.5 Å². The Balaban J connectivity index is 1.29. The van der Waals surface area contributed by atoms with Crippen LogP contribution in [0.2, 0.25) is 0 Å². The first-order valence-corrected chi connectivity index (χ1v) is 9.77. The van der Waals surface area contributed by atoms with Crippen molar-refractivity contribution in [1.29, 1.82) is 0 Å². The zero-order valence-corrected chi connectivity index (χ0v) is 16.2. The van der Waals surface area contributed by atoms with Gasteiger partial charge in [0.1, 0.15) is 23.9 Å². The monoisotopic (exact) mass is 425 g/mol. The minimum Gasteiger partial charge on any atom is -0.491 e. The number of carbonyl (C=O) groups is 1. The molecule has 0 spiro atoms. The summed E-state index contributed by atoms with van der Waals surface area (Å²) in [5.41, 5.74) is 1.36. The number of amides is 1. The van der Waals surface area contributed by atoms with Gasteiger partial charge in [-0.3, -0.25) is 9.53 Å². The summed E-state index contributed by atoms with van der Waals surface area (Å²) in [5, 5.41) is 2.96. The lowest BCUT2D eigenvalue weighted by Crippen LogP contribution is -2.42. The number of carbonyl (C=O) groups excluding carboxylic acids is 1. The molecule has 1 N–H and O–H groups in total. The summed E-state index contributed by atoms with van der Waals surface area (Å²) in [6, 6.07) is 7.58. The highest BCUT2D eigenvalue weighted by Gasteiger charge is 2.29. The van der Waals surface area contributed by atoms with E-state index in [-0.39, 0.29) is 24.7 Å². The van der Waals surface area contributed by atoms with Gasteiger partial charge < -0.3 is 19.4 Å². The molecule has 0 saturated heterocycles. The number of imidazole rings is 1. The number of ether oxygens (including phenoxy) is 3. The predicted octanol–water partition coefficient (Wildman–Crippen LogP) is 2.48. The highest BCUT2D eigenvalue weighted by molar-refractivity contribution is 5.92. The molecule has 0 saturated carbocycles. The van der Waals surface area contributed by atoms with E-state index in [4.69, 9.17) is 9.47 Å². The van der Waals surface area contributed by atoms with Crippen molar-refractivity contribution < 1.29 is 32.2 Å². The molecule has 0 bridgehead atoms. The minimum atomic E-state index is -4.65. The van der Waals surface area contributed by atoms with Crippen molar-refractivity contribution in [2.45, 2.75) is 44.3 Å². The number of rotatable bonds is 6. The molecule has 162 valence electrons. The average molecular weight is 425 g/mol. The molecule has 2 atom stereocenters. The third-order valence-corrected chi connectivity index (χ3v) is 5.10. The van der Waals surface area contributed by atoms with Crippen molar-refractivity contribution in [3.05, 3.63) is 47.5 Å². The van der Waals surface area contributed by atoms with E-state index in [1.165, 1.54) is 0 Å².